The molecule has 0 bridgehead atoms. The van der Waals surface area contributed by atoms with Crippen LogP contribution in [0.15, 0.2) is 27.4 Å². The van der Waals surface area contributed by atoms with Gasteiger partial charge in [-0.25, -0.2) is 4.79 Å². The Morgan fingerprint density at radius 1 is 1.33 bits per heavy atom. The first-order chi connectivity index (χ1) is 8.52. The first-order valence-corrected chi connectivity index (χ1v) is 5.88. The van der Waals surface area contributed by atoms with Crippen LogP contribution < -0.4 is 5.43 Å². The van der Waals surface area contributed by atoms with Crippen LogP contribution in [0, 0.1) is 0 Å². The highest BCUT2D eigenvalue weighted by Crippen LogP contribution is 2.26. The summed E-state index contributed by atoms with van der Waals surface area (Å²) < 4.78 is 10.0. The zero-order valence-electron chi connectivity index (χ0n) is 9.33. The first-order valence-electron chi connectivity index (χ1n) is 5.13. The molecular formula is C12H8Cl2O4. The molecule has 1 heterocycles. The van der Waals surface area contributed by atoms with Crippen LogP contribution in [0.2, 0.25) is 10.0 Å². The molecule has 6 heteroatoms. The zero-order valence-corrected chi connectivity index (χ0v) is 10.8. The van der Waals surface area contributed by atoms with Gasteiger partial charge >= 0.3 is 5.97 Å². The van der Waals surface area contributed by atoms with Crippen LogP contribution in [-0.4, -0.2) is 12.6 Å². The lowest BCUT2D eigenvalue weighted by Gasteiger charge is -2.04. The number of ether oxygens (including phenoxy) is 1. The van der Waals surface area contributed by atoms with Gasteiger partial charge in [0.15, 0.2) is 11.0 Å². The van der Waals surface area contributed by atoms with Crippen LogP contribution in [-0.2, 0) is 4.74 Å². The van der Waals surface area contributed by atoms with E-state index >= 15 is 0 Å². The molecule has 0 aliphatic rings. The van der Waals surface area contributed by atoms with Gasteiger partial charge in [-0.05, 0) is 19.1 Å². The summed E-state index contributed by atoms with van der Waals surface area (Å²) in [7, 11) is 0. The Labute approximate surface area is 112 Å². The largest absolute Gasteiger partial charge is 0.460 e. The van der Waals surface area contributed by atoms with Crippen molar-refractivity contribution in [2.75, 3.05) is 6.61 Å². The quantitative estimate of drug-likeness (QED) is 0.795. The highest BCUT2D eigenvalue weighted by atomic mass is 35.5. The van der Waals surface area contributed by atoms with Gasteiger partial charge in [0.25, 0.3) is 0 Å². The van der Waals surface area contributed by atoms with E-state index in [1.807, 2.05) is 0 Å². The van der Waals surface area contributed by atoms with Gasteiger partial charge in [-0.2, -0.15) is 0 Å². The van der Waals surface area contributed by atoms with Gasteiger partial charge in [-0.15, -0.1) is 0 Å². The fourth-order valence-corrected chi connectivity index (χ4v) is 2.02. The number of hydrogen-bond donors (Lipinski definition) is 0. The second-order valence-electron chi connectivity index (χ2n) is 3.46. The number of rotatable bonds is 2. The summed E-state index contributed by atoms with van der Waals surface area (Å²) in [5, 5.41) is 0.713. The molecule has 0 saturated carbocycles. The SMILES string of the molecule is CCOC(=O)c1cc(=O)c2cc(Cl)cc(Cl)c2o1. The minimum absolute atomic E-state index is 0.122. The number of benzene rings is 1. The molecule has 0 amide bonds. The van der Waals surface area contributed by atoms with E-state index in [0.29, 0.717) is 5.02 Å². The van der Waals surface area contributed by atoms with Crippen molar-refractivity contribution in [2.24, 2.45) is 0 Å². The van der Waals surface area contributed by atoms with Gasteiger partial charge < -0.3 is 9.15 Å². The minimum atomic E-state index is -0.706. The summed E-state index contributed by atoms with van der Waals surface area (Å²) in [5.41, 5.74) is -0.277. The van der Waals surface area contributed by atoms with Crippen molar-refractivity contribution in [1.82, 2.24) is 0 Å². The maximum Gasteiger partial charge on any atom is 0.374 e. The molecule has 2 aromatic rings. The van der Waals surface area contributed by atoms with E-state index < -0.39 is 11.4 Å². The maximum atomic E-state index is 11.8. The van der Waals surface area contributed by atoms with E-state index in [4.69, 9.17) is 32.4 Å². The van der Waals surface area contributed by atoms with Gasteiger partial charge in [0.1, 0.15) is 0 Å². The summed E-state index contributed by atoms with van der Waals surface area (Å²) in [4.78, 5) is 23.3. The monoisotopic (exact) mass is 286 g/mol. The van der Waals surface area contributed by atoms with Crippen LogP contribution in [0.3, 0.4) is 0 Å². The van der Waals surface area contributed by atoms with Crippen LogP contribution in [0.25, 0.3) is 11.0 Å². The molecule has 94 valence electrons. The van der Waals surface area contributed by atoms with Crippen molar-refractivity contribution in [1.29, 1.82) is 0 Å². The normalized spacial score (nSPS) is 10.6. The summed E-state index contributed by atoms with van der Waals surface area (Å²) >= 11 is 11.7. The highest BCUT2D eigenvalue weighted by Gasteiger charge is 2.15. The Bertz CT molecular complexity index is 676. The third-order valence-corrected chi connectivity index (χ3v) is 2.72. The minimum Gasteiger partial charge on any atom is -0.460 e. The first kappa shape index (κ1) is 12.9. The second kappa shape index (κ2) is 5.00. The zero-order chi connectivity index (χ0) is 13.3. The molecule has 2 rings (SSSR count). The fraction of sp³-hybridized carbons (Fsp3) is 0.167. The standard InChI is InChI=1S/C12H8Cl2O4/c1-2-17-12(16)10-5-9(15)7-3-6(13)4-8(14)11(7)18-10/h3-5H,2H2,1H3. The molecule has 18 heavy (non-hydrogen) atoms. The van der Waals surface area contributed by atoms with Gasteiger partial charge in [-0.1, -0.05) is 23.2 Å². The van der Waals surface area contributed by atoms with Crippen LogP contribution in [0.4, 0.5) is 0 Å². The summed E-state index contributed by atoms with van der Waals surface area (Å²) in [5.74, 6) is -0.888. The lowest BCUT2D eigenvalue weighted by Crippen LogP contribution is -2.10. The molecule has 1 aromatic heterocycles. The number of fused-ring (bicyclic) bond motifs is 1. The number of hydrogen-bond acceptors (Lipinski definition) is 4. The second-order valence-corrected chi connectivity index (χ2v) is 4.30. The van der Waals surface area contributed by atoms with Crippen molar-refractivity contribution in [3.05, 3.63) is 44.2 Å². The number of carbonyl (C=O) groups is 1. The smallest absolute Gasteiger partial charge is 0.374 e. The lowest BCUT2D eigenvalue weighted by atomic mass is 10.2. The maximum absolute atomic E-state index is 11.8. The van der Waals surface area contributed by atoms with Crippen molar-refractivity contribution < 1.29 is 13.9 Å². The molecule has 1 aromatic carbocycles. The Morgan fingerprint density at radius 2 is 2.06 bits per heavy atom. The van der Waals surface area contributed by atoms with Crippen LogP contribution in [0.5, 0.6) is 0 Å². The van der Waals surface area contributed by atoms with Crippen molar-refractivity contribution in [3.8, 4) is 0 Å². The van der Waals surface area contributed by atoms with Gasteiger partial charge in [0.2, 0.25) is 5.76 Å². The Balaban J connectivity index is 2.69. The predicted octanol–water partition coefficient (Wildman–Crippen LogP) is 3.28. The molecule has 0 aliphatic heterocycles. The molecule has 0 atom stereocenters. The highest BCUT2D eigenvalue weighted by molar-refractivity contribution is 6.38. The molecule has 0 aliphatic carbocycles. The average Bonchev–Trinajstić information content (AvgIpc) is 2.30. The summed E-state index contributed by atoms with van der Waals surface area (Å²) in [6.07, 6.45) is 0. The lowest BCUT2D eigenvalue weighted by molar-refractivity contribution is 0.0490. The number of esters is 1. The third-order valence-electron chi connectivity index (χ3n) is 2.22. The van der Waals surface area contributed by atoms with E-state index in [0.717, 1.165) is 6.07 Å². The van der Waals surface area contributed by atoms with Gasteiger partial charge in [0.05, 0.1) is 17.0 Å². The van der Waals surface area contributed by atoms with Gasteiger partial charge in [-0.3, -0.25) is 4.79 Å². The third kappa shape index (κ3) is 2.35. The van der Waals surface area contributed by atoms with E-state index in [-0.39, 0.29) is 28.4 Å². The fourth-order valence-electron chi connectivity index (χ4n) is 1.49. The summed E-state index contributed by atoms with van der Waals surface area (Å²) in [6, 6.07) is 3.93. The molecule has 0 fully saturated rings. The molecule has 0 radical (unpaired) electrons. The number of halogens is 2. The summed E-state index contributed by atoms with van der Waals surface area (Å²) in [6.45, 7) is 1.85. The van der Waals surface area contributed by atoms with Crippen molar-refractivity contribution >= 4 is 40.1 Å². The molecular weight excluding hydrogens is 279 g/mol. The topological polar surface area (TPSA) is 56.5 Å². The molecule has 0 N–H and O–H groups in total. The van der Waals surface area contributed by atoms with E-state index in [2.05, 4.69) is 0 Å². The Hall–Kier alpha value is -1.52. The molecule has 0 spiro atoms. The van der Waals surface area contributed by atoms with Crippen molar-refractivity contribution in [2.45, 2.75) is 6.92 Å². The van der Waals surface area contributed by atoms with Gasteiger partial charge in [0, 0.05) is 11.1 Å². The Kier molecular flexibility index (Phi) is 3.59. The molecule has 0 saturated heterocycles. The molecule has 0 unspecified atom stereocenters. The predicted molar refractivity (Wildman–Crippen MR) is 68.5 cm³/mol. The Morgan fingerprint density at radius 3 is 2.72 bits per heavy atom. The average molecular weight is 287 g/mol. The van der Waals surface area contributed by atoms with Crippen molar-refractivity contribution in [3.63, 3.8) is 0 Å². The molecule has 4 nitrogen and oxygen atoms in total. The van der Waals surface area contributed by atoms with Crippen LogP contribution >= 0.6 is 23.2 Å². The van der Waals surface area contributed by atoms with E-state index in [9.17, 15) is 9.59 Å². The van der Waals surface area contributed by atoms with E-state index in [1.165, 1.54) is 12.1 Å². The van der Waals surface area contributed by atoms with E-state index in [1.54, 1.807) is 6.92 Å². The van der Waals surface area contributed by atoms with Crippen LogP contribution in [0.1, 0.15) is 17.5 Å². The number of carbonyl (C=O) groups excluding carboxylic acids is 1.